The van der Waals surface area contributed by atoms with Crippen molar-refractivity contribution in [2.24, 2.45) is 10.7 Å². The van der Waals surface area contributed by atoms with Crippen molar-refractivity contribution < 1.29 is 4.79 Å². The van der Waals surface area contributed by atoms with Crippen molar-refractivity contribution in [3.05, 3.63) is 41.0 Å². The Bertz CT molecular complexity index is 809. The van der Waals surface area contributed by atoms with Crippen molar-refractivity contribution in [2.75, 3.05) is 6.54 Å². The molecule has 0 radical (unpaired) electrons. The number of benzene rings is 1. The van der Waals surface area contributed by atoms with Crippen molar-refractivity contribution in [2.45, 2.75) is 6.04 Å². The van der Waals surface area contributed by atoms with Gasteiger partial charge in [0.15, 0.2) is 0 Å². The van der Waals surface area contributed by atoms with E-state index in [0.29, 0.717) is 10.5 Å². The second-order valence-electron chi connectivity index (χ2n) is 4.59. The highest BCUT2D eigenvalue weighted by Gasteiger charge is 2.35. The Balaban J connectivity index is 2.20. The van der Waals surface area contributed by atoms with Crippen molar-refractivity contribution in [1.82, 2.24) is 9.88 Å². The summed E-state index contributed by atoms with van der Waals surface area (Å²) in [6.07, 6.45) is 6.99. The molecule has 21 heavy (non-hydrogen) atoms. The summed E-state index contributed by atoms with van der Waals surface area (Å²) in [7, 11) is 0. The molecule has 1 atom stereocenters. The lowest BCUT2D eigenvalue weighted by atomic mass is 10.0. The van der Waals surface area contributed by atoms with Crippen LogP contribution in [0.25, 0.3) is 10.9 Å². The lowest BCUT2D eigenvalue weighted by molar-refractivity contribution is 0.214. The molecule has 2 heterocycles. The van der Waals surface area contributed by atoms with Gasteiger partial charge in [0.1, 0.15) is 11.9 Å². The van der Waals surface area contributed by atoms with Gasteiger partial charge in [-0.25, -0.2) is 4.79 Å². The standard InChI is InChI=1S/C15H11ClN4O/c1-2-8-20-13(14(17)19-15(20)21)10-5-6-11(16)9-4-3-7-18-12(9)10/h1,3-7,13H,8H2,(H2,17,19,21). The predicted molar refractivity (Wildman–Crippen MR) is 82.1 cm³/mol. The minimum absolute atomic E-state index is 0.130. The van der Waals surface area contributed by atoms with Crippen molar-refractivity contribution in [3.63, 3.8) is 0 Å². The van der Waals surface area contributed by atoms with Crippen LogP contribution in [0.2, 0.25) is 5.02 Å². The Labute approximate surface area is 126 Å². The number of aromatic nitrogens is 1. The summed E-state index contributed by atoms with van der Waals surface area (Å²) in [4.78, 5) is 21.5. The van der Waals surface area contributed by atoms with Crippen molar-refractivity contribution in [1.29, 1.82) is 0 Å². The molecule has 1 aliphatic heterocycles. The SMILES string of the molecule is C#CCN1C(=O)N=C(N)C1c1ccc(Cl)c2cccnc12. The second kappa shape index (κ2) is 5.08. The van der Waals surface area contributed by atoms with Crippen molar-refractivity contribution in [3.8, 4) is 12.3 Å². The van der Waals surface area contributed by atoms with Gasteiger partial charge in [0, 0.05) is 22.2 Å². The number of halogens is 1. The number of pyridine rings is 1. The highest BCUT2D eigenvalue weighted by molar-refractivity contribution is 6.35. The highest BCUT2D eigenvalue weighted by atomic mass is 35.5. The number of amides is 2. The summed E-state index contributed by atoms with van der Waals surface area (Å²) in [6.45, 7) is 0.130. The minimum Gasteiger partial charge on any atom is -0.385 e. The molecule has 2 aromatic rings. The Morgan fingerprint density at radius 2 is 2.24 bits per heavy atom. The minimum atomic E-state index is -0.511. The maximum atomic E-state index is 11.9. The zero-order chi connectivity index (χ0) is 15.0. The Kier molecular flexibility index (Phi) is 3.24. The van der Waals surface area contributed by atoms with Gasteiger partial charge in [0.05, 0.1) is 12.1 Å². The maximum absolute atomic E-state index is 11.9. The molecular weight excluding hydrogens is 288 g/mol. The van der Waals surface area contributed by atoms with Crippen molar-refractivity contribution >= 4 is 34.4 Å². The van der Waals surface area contributed by atoms with Gasteiger partial charge >= 0.3 is 6.03 Å². The van der Waals surface area contributed by atoms with Gasteiger partial charge in [-0.3, -0.25) is 9.88 Å². The molecule has 2 N–H and O–H groups in total. The van der Waals surface area contributed by atoms with Crippen LogP contribution >= 0.6 is 11.6 Å². The smallest absolute Gasteiger partial charge is 0.346 e. The fourth-order valence-corrected chi connectivity index (χ4v) is 2.69. The normalized spacial score (nSPS) is 17.9. The number of hydrogen-bond donors (Lipinski definition) is 1. The van der Waals surface area contributed by atoms with Gasteiger partial charge in [0.2, 0.25) is 0 Å². The zero-order valence-corrected chi connectivity index (χ0v) is 11.7. The van der Waals surface area contributed by atoms with Gasteiger partial charge in [-0.1, -0.05) is 23.6 Å². The molecule has 1 unspecified atom stereocenters. The number of rotatable bonds is 2. The number of fused-ring (bicyclic) bond motifs is 1. The first-order valence-electron chi connectivity index (χ1n) is 6.24. The first kappa shape index (κ1) is 13.4. The van der Waals surface area contributed by atoms with Gasteiger partial charge in [-0.2, -0.15) is 4.99 Å². The molecule has 0 bridgehead atoms. The van der Waals surface area contributed by atoms with E-state index in [1.807, 2.05) is 6.07 Å². The van der Waals surface area contributed by atoms with Gasteiger partial charge < -0.3 is 5.73 Å². The molecule has 0 spiro atoms. The van der Waals surface area contributed by atoms with Crippen LogP contribution in [-0.4, -0.2) is 28.3 Å². The van der Waals surface area contributed by atoms with Crippen LogP contribution in [0.15, 0.2) is 35.5 Å². The molecule has 3 rings (SSSR count). The van der Waals surface area contributed by atoms with E-state index in [4.69, 9.17) is 23.8 Å². The number of carbonyl (C=O) groups is 1. The third kappa shape index (κ3) is 2.10. The van der Waals surface area contributed by atoms with Gasteiger partial charge in [-0.05, 0) is 18.2 Å². The number of terminal acetylenes is 1. The summed E-state index contributed by atoms with van der Waals surface area (Å²) in [5, 5.41) is 1.38. The number of nitrogens with zero attached hydrogens (tertiary/aromatic N) is 3. The Hall–Kier alpha value is -2.58. The highest BCUT2D eigenvalue weighted by Crippen LogP contribution is 2.33. The molecule has 1 aromatic heterocycles. The molecule has 6 heteroatoms. The summed E-state index contributed by atoms with van der Waals surface area (Å²) < 4.78 is 0. The van der Waals surface area contributed by atoms with E-state index in [1.54, 1.807) is 24.4 Å². The Morgan fingerprint density at radius 3 is 3.00 bits per heavy atom. The molecule has 0 saturated heterocycles. The average molecular weight is 299 g/mol. The summed E-state index contributed by atoms with van der Waals surface area (Å²) >= 11 is 6.18. The maximum Gasteiger partial charge on any atom is 0.346 e. The topological polar surface area (TPSA) is 71.6 Å². The number of amidine groups is 1. The number of carbonyl (C=O) groups excluding carboxylic acids is 1. The van der Waals surface area contributed by atoms with E-state index in [1.165, 1.54) is 4.90 Å². The molecule has 0 fully saturated rings. The van der Waals surface area contributed by atoms with Crippen LogP contribution in [-0.2, 0) is 0 Å². The van der Waals surface area contributed by atoms with E-state index in [2.05, 4.69) is 15.9 Å². The molecule has 1 aromatic carbocycles. The predicted octanol–water partition coefficient (Wildman–Crippen LogP) is 2.36. The van der Waals surface area contributed by atoms with Crippen LogP contribution in [0, 0.1) is 12.3 Å². The number of aliphatic imine (C=N–C) groups is 1. The summed E-state index contributed by atoms with van der Waals surface area (Å²) in [5.74, 6) is 2.66. The van der Waals surface area contributed by atoms with E-state index in [0.717, 1.165) is 10.9 Å². The molecule has 2 amide bonds. The monoisotopic (exact) mass is 298 g/mol. The fourth-order valence-electron chi connectivity index (χ4n) is 2.47. The Morgan fingerprint density at radius 1 is 1.43 bits per heavy atom. The van der Waals surface area contributed by atoms with Crippen LogP contribution in [0.5, 0.6) is 0 Å². The second-order valence-corrected chi connectivity index (χ2v) is 5.00. The van der Waals surface area contributed by atoms with Gasteiger partial charge in [0.25, 0.3) is 0 Å². The first-order chi connectivity index (χ1) is 10.1. The zero-order valence-electron chi connectivity index (χ0n) is 11.0. The van der Waals surface area contributed by atoms with Crippen LogP contribution < -0.4 is 5.73 Å². The molecule has 5 nitrogen and oxygen atoms in total. The largest absolute Gasteiger partial charge is 0.385 e. The third-order valence-corrected chi connectivity index (χ3v) is 3.70. The molecular formula is C15H11ClN4O. The van der Waals surface area contributed by atoms with Crippen LogP contribution in [0.1, 0.15) is 11.6 Å². The lowest BCUT2D eigenvalue weighted by Crippen LogP contribution is -2.33. The number of urea groups is 1. The van der Waals surface area contributed by atoms with E-state index < -0.39 is 12.1 Å². The van der Waals surface area contributed by atoms with E-state index in [-0.39, 0.29) is 12.4 Å². The number of nitrogens with two attached hydrogens (primary N) is 1. The first-order valence-corrected chi connectivity index (χ1v) is 6.62. The molecule has 104 valence electrons. The number of hydrogen-bond acceptors (Lipinski definition) is 3. The molecule has 1 aliphatic rings. The van der Waals surface area contributed by atoms with E-state index in [9.17, 15) is 4.79 Å². The fraction of sp³-hybridized carbons (Fsp3) is 0.133. The summed E-state index contributed by atoms with van der Waals surface area (Å²) in [5.41, 5.74) is 7.36. The van der Waals surface area contributed by atoms with Crippen LogP contribution in [0.4, 0.5) is 4.79 Å². The van der Waals surface area contributed by atoms with Gasteiger partial charge in [-0.15, -0.1) is 6.42 Å². The molecule has 0 saturated carbocycles. The quantitative estimate of drug-likeness (QED) is 0.865. The lowest BCUT2D eigenvalue weighted by Gasteiger charge is -2.23. The average Bonchev–Trinajstić information content (AvgIpc) is 2.75. The summed E-state index contributed by atoms with van der Waals surface area (Å²) in [6, 6.07) is 6.27. The third-order valence-electron chi connectivity index (χ3n) is 3.37. The molecule has 0 aliphatic carbocycles. The van der Waals surface area contributed by atoms with E-state index >= 15 is 0 Å². The van der Waals surface area contributed by atoms with Crippen LogP contribution in [0.3, 0.4) is 0 Å².